The summed E-state index contributed by atoms with van der Waals surface area (Å²) in [5.74, 6) is -0.298. The molecule has 0 radical (unpaired) electrons. The average molecular weight is 454 g/mol. The van der Waals surface area contributed by atoms with Crippen LogP contribution in [-0.2, 0) is 17.6 Å². The van der Waals surface area contributed by atoms with Gasteiger partial charge in [0.25, 0.3) is 0 Å². The average Bonchev–Trinajstić information content (AvgIpc) is 3.38. The molecule has 1 saturated heterocycles. The highest BCUT2D eigenvalue weighted by Crippen LogP contribution is 2.30. The Morgan fingerprint density at radius 3 is 2.62 bits per heavy atom. The molecule has 1 aromatic heterocycles. The lowest BCUT2D eigenvalue weighted by molar-refractivity contribution is -0.137. The molecule has 3 aromatic rings. The van der Waals surface area contributed by atoms with Crippen LogP contribution in [0.1, 0.15) is 27.9 Å². The number of carbonyl (C=O) groups is 2. The first kappa shape index (κ1) is 21.0. The molecular formula is C24H24ClN3O4. The molecular weight excluding hydrogens is 430 g/mol. The van der Waals surface area contributed by atoms with Crippen LogP contribution in [0.2, 0.25) is 5.02 Å². The molecule has 32 heavy (non-hydrogen) atoms. The van der Waals surface area contributed by atoms with Gasteiger partial charge in [-0.05, 0) is 54.3 Å². The molecule has 7 nitrogen and oxygen atoms in total. The quantitative estimate of drug-likeness (QED) is 0.600. The van der Waals surface area contributed by atoms with Gasteiger partial charge in [-0.3, -0.25) is 19.5 Å². The van der Waals surface area contributed by atoms with Gasteiger partial charge in [0.2, 0.25) is 5.91 Å². The SMILES string of the molecule is O=C(CCN1CCN(C(=O)C2Cc3ccc(Cl)cc3C2)CC1)c1ccc2[nH]c(=O)oc2c1. The molecule has 1 aliphatic carbocycles. The van der Waals surface area contributed by atoms with Crippen LogP contribution in [0.3, 0.4) is 0 Å². The molecule has 1 amide bonds. The number of hydrogen-bond acceptors (Lipinski definition) is 5. The van der Waals surface area contributed by atoms with Gasteiger partial charge in [0, 0.05) is 55.6 Å². The first-order chi connectivity index (χ1) is 15.5. The standard InChI is InChI=1S/C24H24ClN3O4/c25-19-3-1-15-11-18(12-17(15)13-19)23(30)28-9-7-27(8-10-28)6-5-21(29)16-2-4-20-22(14-16)32-24(31)26-20/h1-4,13-14,18H,5-12H2,(H,26,31). The van der Waals surface area contributed by atoms with Crippen molar-refractivity contribution in [1.82, 2.24) is 14.8 Å². The minimum absolute atomic E-state index is 0.00000575. The van der Waals surface area contributed by atoms with Gasteiger partial charge >= 0.3 is 5.76 Å². The molecule has 2 aromatic carbocycles. The predicted molar refractivity (Wildman–Crippen MR) is 121 cm³/mol. The van der Waals surface area contributed by atoms with Crippen LogP contribution < -0.4 is 5.76 Å². The van der Waals surface area contributed by atoms with Gasteiger partial charge in [0.1, 0.15) is 0 Å². The number of H-pyrrole nitrogens is 1. The molecule has 1 fully saturated rings. The Morgan fingerprint density at radius 1 is 1.03 bits per heavy atom. The van der Waals surface area contributed by atoms with Crippen molar-refractivity contribution in [1.29, 1.82) is 0 Å². The number of ketones is 1. The molecule has 0 bridgehead atoms. The third-order valence-electron chi connectivity index (χ3n) is 6.53. The highest BCUT2D eigenvalue weighted by atomic mass is 35.5. The van der Waals surface area contributed by atoms with Crippen molar-refractivity contribution in [2.24, 2.45) is 5.92 Å². The van der Waals surface area contributed by atoms with Crippen LogP contribution in [0.4, 0.5) is 0 Å². The first-order valence-corrected chi connectivity index (χ1v) is 11.3. The maximum absolute atomic E-state index is 13.0. The van der Waals surface area contributed by atoms with Gasteiger partial charge in [0.05, 0.1) is 5.52 Å². The fourth-order valence-corrected chi connectivity index (χ4v) is 4.93. The van der Waals surface area contributed by atoms with Crippen LogP contribution in [0, 0.1) is 5.92 Å². The molecule has 1 N–H and O–H groups in total. The summed E-state index contributed by atoms with van der Waals surface area (Å²) >= 11 is 6.09. The number of benzene rings is 2. The Labute approximate surface area is 189 Å². The second-order valence-electron chi connectivity index (χ2n) is 8.58. The summed E-state index contributed by atoms with van der Waals surface area (Å²) in [4.78, 5) is 43.6. The molecule has 5 rings (SSSR count). The second kappa shape index (κ2) is 8.56. The van der Waals surface area contributed by atoms with Crippen molar-refractivity contribution in [3.8, 4) is 0 Å². The minimum atomic E-state index is -0.526. The van der Waals surface area contributed by atoms with Crippen LogP contribution in [0.15, 0.2) is 45.6 Å². The Balaban J connectivity index is 1.11. The van der Waals surface area contributed by atoms with Gasteiger partial charge in [-0.15, -0.1) is 0 Å². The number of oxazole rings is 1. The number of nitrogens with one attached hydrogen (secondary N) is 1. The number of fused-ring (bicyclic) bond motifs is 2. The van der Waals surface area contributed by atoms with E-state index in [9.17, 15) is 14.4 Å². The number of rotatable bonds is 5. The number of aromatic amines is 1. The Hall–Kier alpha value is -2.90. The zero-order valence-corrected chi connectivity index (χ0v) is 18.4. The van der Waals surface area contributed by atoms with Crippen LogP contribution >= 0.6 is 11.6 Å². The zero-order valence-electron chi connectivity index (χ0n) is 17.6. The fraction of sp³-hybridized carbons (Fsp3) is 0.375. The maximum Gasteiger partial charge on any atom is 0.417 e. The van der Waals surface area contributed by atoms with Gasteiger partial charge < -0.3 is 9.32 Å². The van der Waals surface area contributed by atoms with E-state index in [1.165, 1.54) is 11.1 Å². The van der Waals surface area contributed by atoms with Crippen molar-refractivity contribution in [2.75, 3.05) is 32.7 Å². The van der Waals surface area contributed by atoms with E-state index < -0.39 is 5.76 Å². The number of amides is 1. The van der Waals surface area contributed by atoms with Gasteiger partial charge in [-0.25, -0.2) is 4.79 Å². The van der Waals surface area contributed by atoms with E-state index in [0.29, 0.717) is 42.7 Å². The molecule has 0 saturated carbocycles. The molecule has 1 aliphatic heterocycles. The lowest BCUT2D eigenvalue weighted by Crippen LogP contribution is -2.50. The highest BCUT2D eigenvalue weighted by molar-refractivity contribution is 6.30. The van der Waals surface area contributed by atoms with Crippen molar-refractivity contribution >= 4 is 34.4 Å². The van der Waals surface area contributed by atoms with E-state index in [0.717, 1.165) is 31.0 Å². The summed E-state index contributed by atoms with van der Waals surface area (Å²) in [5.41, 5.74) is 3.92. The van der Waals surface area contributed by atoms with E-state index in [4.69, 9.17) is 16.0 Å². The van der Waals surface area contributed by atoms with Crippen molar-refractivity contribution < 1.29 is 14.0 Å². The van der Waals surface area contributed by atoms with Gasteiger partial charge in [0.15, 0.2) is 11.4 Å². The molecule has 2 aliphatic rings. The summed E-state index contributed by atoms with van der Waals surface area (Å²) < 4.78 is 5.04. The second-order valence-corrected chi connectivity index (χ2v) is 9.02. The Bertz CT molecular complexity index is 1240. The number of piperazine rings is 1. The predicted octanol–water partition coefficient (Wildman–Crippen LogP) is 2.91. The van der Waals surface area contributed by atoms with E-state index in [1.807, 2.05) is 23.1 Å². The first-order valence-electron chi connectivity index (χ1n) is 10.9. The fourth-order valence-electron chi connectivity index (χ4n) is 4.73. The third kappa shape index (κ3) is 4.23. The van der Waals surface area contributed by atoms with Crippen LogP contribution in [-0.4, -0.2) is 59.2 Å². The Morgan fingerprint density at radius 2 is 1.81 bits per heavy atom. The third-order valence-corrected chi connectivity index (χ3v) is 6.77. The summed E-state index contributed by atoms with van der Waals surface area (Å²) in [6.07, 6.45) is 1.92. The normalized spacial score (nSPS) is 18.8. The number of Topliss-reactive ketones (excluding diaryl/α,β-unsaturated/α-hetero) is 1. The summed E-state index contributed by atoms with van der Waals surface area (Å²) in [6, 6.07) is 10.9. The van der Waals surface area contributed by atoms with Crippen LogP contribution in [0.5, 0.6) is 0 Å². The van der Waals surface area contributed by atoms with E-state index in [1.54, 1.807) is 18.2 Å². The van der Waals surface area contributed by atoms with Crippen molar-refractivity contribution in [3.63, 3.8) is 0 Å². The largest absolute Gasteiger partial charge is 0.417 e. The summed E-state index contributed by atoms with van der Waals surface area (Å²) in [6.45, 7) is 3.53. The number of hydrogen-bond donors (Lipinski definition) is 1. The lowest BCUT2D eigenvalue weighted by atomic mass is 10.0. The maximum atomic E-state index is 13.0. The van der Waals surface area contributed by atoms with Crippen LogP contribution in [0.25, 0.3) is 11.1 Å². The molecule has 8 heteroatoms. The lowest BCUT2D eigenvalue weighted by Gasteiger charge is -2.35. The molecule has 166 valence electrons. The highest BCUT2D eigenvalue weighted by Gasteiger charge is 2.32. The minimum Gasteiger partial charge on any atom is -0.408 e. The van der Waals surface area contributed by atoms with E-state index in [-0.39, 0.29) is 17.6 Å². The number of carbonyl (C=O) groups excluding carboxylic acids is 2. The summed E-state index contributed by atoms with van der Waals surface area (Å²) in [7, 11) is 0. The number of halogens is 1. The molecule has 1 atom stereocenters. The van der Waals surface area contributed by atoms with E-state index in [2.05, 4.69) is 9.88 Å². The van der Waals surface area contributed by atoms with Crippen molar-refractivity contribution in [3.05, 3.63) is 68.7 Å². The molecule has 1 unspecified atom stereocenters. The monoisotopic (exact) mass is 453 g/mol. The molecule has 2 heterocycles. The Kier molecular flexibility index (Phi) is 5.61. The number of aromatic nitrogens is 1. The number of nitrogens with zero attached hydrogens (tertiary/aromatic N) is 2. The van der Waals surface area contributed by atoms with E-state index >= 15 is 0 Å². The van der Waals surface area contributed by atoms with Gasteiger partial charge in [-0.1, -0.05) is 17.7 Å². The zero-order chi connectivity index (χ0) is 22.2. The van der Waals surface area contributed by atoms with Gasteiger partial charge in [-0.2, -0.15) is 0 Å². The van der Waals surface area contributed by atoms with Crippen molar-refractivity contribution in [2.45, 2.75) is 19.3 Å². The summed E-state index contributed by atoms with van der Waals surface area (Å²) in [5, 5.41) is 0.720. The smallest absolute Gasteiger partial charge is 0.408 e. The molecule has 0 spiro atoms. The topological polar surface area (TPSA) is 86.6 Å².